The zero-order valence-corrected chi connectivity index (χ0v) is 10.9. The third-order valence-corrected chi connectivity index (χ3v) is 3.21. The molecule has 15 heavy (non-hydrogen) atoms. The molecule has 1 aromatic carbocycles. The van der Waals surface area contributed by atoms with E-state index in [1.807, 2.05) is 6.08 Å². The molecule has 2 heteroatoms. The summed E-state index contributed by atoms with van der Waals surface area (Å²) in [5.41, 5.74) is 2.50. The van der Waals surface area contributed by atoms with Gasteiger partial charge in [0.05, 0.1) is 0 Å². The molecule has 1 aromatic rings. The van der Waals surface area contributed by atoms with E-state index in [1.54, 1.807) is 0 Å². The van der Waals surface area contributed by atoms with E-state index in [1.165, 1.54) is 11.1 Å². The average Bonchev–Trinajstić information content (AvgIpc) is 2.17. The second-order valence-electron chi connectivity index (χ2n) is 4.66. The van der Waals surface area contributed by atoms with Gasteiger partial charge in [-0.2, -0.15) is 0 Å². The summed E-state index contributed by atoms with van der Waals surface area (Å²) in [6.45, 7) is 11.2. The Bertz CT molecular complexity index is 308. The van der Waals surface area contributed by atoms with Crippen molar-refractivity contribution in [2.75, 3.05) is 6.61 Å². The first-order chi connectivity index (χ1) is 7.01. The molecule has 0 atom stereocenters. The van der Waals surface area contributed by atoms with Crippen LogP contribution in [-0.4, -0.2) is 14.9 Å². The molecule has 0 aromatic heterocycles. The van der Waals surface area contributed by atoms with Crippen LogP contribution in [0.15, 0.2) is 30.8 Å². The Balaban J connectivity index is 2.41. The number of hydrogen-bond donors (Lipinski definition) is 0. The Hall–Kier alpha value is -0.863. The zero-order chi connectivity index (χ0) is 11.3. The third kappa shape index (κ3) is 4.95. The molecule has 0 saturated heterocycles. The summed E-state index contributed by atoms with van der Waals surface area (Å²) < 4.78 is 5.81. The van der Waals surface area contributed by atoms with Crippen LogP contribution in [0.5, 0.6) is 0 Å². The molecule has 0 fully saturated rings. The van der Waals surface area contributed by atoms with E-state index >= 15 is 0 Å². The van der Waals surface area contributed by atoms with Crippen molar-refractivity contribution in [1.29, 1.82) is 0 Å². The average molecular weight is 220 g/mol. The van der Waals surface area contributed by atoms with Crippen molar-refractivity contribution >= 4 is 14.4 Å². The van der Waals surface area contributed by atoms with Crippen molar-refractivity contribution in [3.05, 3.63) is 42.0 Å². The molecule has 1 rings (SSSR count). The van der Waals surface area contributed by atoms with Gasteiger partial charge in [-0.15, -0.1) is 0 Å². The smallest absolute Gasteiger partial charge is 0.183 e. The van der Waals surface area contributed by atoms with Gasteiger partial charge in [-0.3, -0.25) is 0 Å². The van der Waals surface area contributed by atoms with Crippen LogP contribution in [0.3, 0.4) is 0 Å². The van der Waals surface area contributed by atoms with E-state index in [4.69, 9.17) is 4.43 Å². The highest BCUT2D eigenvalue weighted by Gasteiger charge is 2.13. The van der Waals surface area contributed by atoms with Gasteiger partial charge in [-0.1, -0.05) is 36.9 Å². The van der Waals surface area contributed by atoms with E-state index in [-0.39, 0.29) is 0 Å². The van der Waals surface area contributed by atoms with Gasteiger partial charge in [0, 0.05) is 6.61 Å². The summed E-state index contributed by atoms with van der Waals surface area (Å²) in [7, 11) is -1.35. The predicted octanol–water partition coefficient (Wildman–Crippen LogP) is 3.72. The summed E-state index contributed by atoms with van der Waals surface area (Å²) in [6, 6.07) is 8.48. The van der Waals surface area contributed by atoms with Crippen LogP contribution < -0.4 is 0 Å². The maximum atomic E-state index is 5.81. The molecule has 0 radical (unpaired) electrons. The first-order valence-electron chi connectivity index (χ1n) is 5.36. The van der Waals surface area contributed by atoms with Crippen LogP contribution in [0.4, 0.5) is 0 Å². The Kier molecular flexibility index (Phi) is 4.30. The highest BCUT2D eigenvalue weighted by Crippen LogP contribution is 2.08. The van der Waals surface area contributed by atoms with Crippen molar-refractivity contribution in [1.82, 2.24) is 0 Å². The quantitative estimate of drug-likeness (QED) is 0.687. The Labute approximate surface area is 93.9 Å². The van der Waals surface area contributed by atoms with Gasteiger partial charge in [0.25, 0.3) is 0 Å². The molecule has 0 heterocycles. The molecule has 0 amide bonds. The second kappa shape index (κ2) is 5.28. The van der Waals surface area contributed by atoms with E-state index in [9.17, 15) is 0 Å². The van der Waals surface area contributed by atoms with Crippen molar-refractivity contribution < 1.29 is 4.43 Å². The second-order valence-corrected chi connectivity index (χ2v) is 9.17. The molecular weight excluding hydrogens is 200 g/mol. The van der Waals surface area contributed by atoms with Gasteiger partial charge in [0.15, 0.2) is 8.32 Å². The van der Waals surface area contributed by atoms with Gasteiger partial charge in [0.2, 0.25) is 0 Å². The topological polar surface area (TPSA) is 9.23 Å². The predicted molar refractivity (Wildman–Crippen MR) is 69.5 cm³/mol. The fourth-order valence-electron chi connectivity index (χ4n) is 1.30. The van der Waals surface area contributed by atoms with Crippen LogP contribution in [-0.2, 0) is 10.8 Å². The Morgan fingerprint density at radius 2 is 1.80 bits per heavy atom. The number of benzene rings is 1. The highest BCUT2D eigenvalue weighted by molar-refractivity contribution is 6.69. The molecule has 1 nitrogen and oxygen atoms in total. The molecule has 0 bridgehead atoms. The third-order valence-electron chi connectivity index (χ3n) is 2.14. The maximum Gasteiger partial charge on any atom is 0.183 e. The van der Waals surface area contributed by atoms with E-state index in [0.29, 0.717) is 0 Å². The van der Waals surface area contributed by atoms with E-state index in [0.717, 1.165) is 13.0 Å². The molecule has 0 saturated carbocycles. The fraction of sp³-hybridized carbons (Fsp3) is 0.385. The van der Waals surface area contributed by atoms with Crippen LogP contribution in [0.2, 0.25) is 19.6 Å². The van der Waals surface area contributed by atoms with Crippen molar-refractivity contribution in [2.45, 2.75) is 26.1 Å². The number of rotatable bonds is 5. The molecule has 0 unspecified atom stereocenters. The summed E-state index contributed by atoms with van der Waals surface area (Å²) >= 11 is 0. The molecule has 0 N–H and O–H groups in total. The molecule has 0 aliphatic carbocycles. The van der Waals surface area contributed by atoms with Gasteiger partial charge < -0.3 is 4.43 Å². The standard InChI is InChI=1S/C13H20OSi/c1-5-12-6-8-13(9-7-12)10-11-14-15(2,3)4/h5-9H,1,10-11H2,2-4H3. The summed E-state index contributed by atoms with van der Waals surface area (Å²) in [4.78, 5) is 0. The lowest BCUT2D eigenvalue weighted by Crippen LogP contribution is -2.26. The Morgan fingerprint density at radius 1 is 1.20 bits per heavy atom. The molecular formula is C13H20OSi. The number of hydrogen-bond acceptors (Lipinski definition) is 1. The lowest BCUT2D eigenvalue weighted by molar-refractivity contribution is 0.316. The van der Waals surface area contributed by atoms with Crippen LogP contribution in [0, 0.1) is 0 Å². The SMILES string of the molecule is C=Cc1ccc(CCO[Si](C)(C)C)cc1. The minimum absolute atomic E-state index is 0.836. The van der Waals surface area contributed by atoms with Crippen molar-refractivity contribution in [3.8, 4) is 0 Å². The first kappa shape index (κ1) is 12.2. The lowest BCUT2D eigenvalue weighted by Gasteiger charge is -2.16. The molecule has 0 spiro atoms. The molecule has 82 valence electrons. The monoisotopic (exact) mass is 220 g/mol. The summed E-state index contributed by atoms with van der Waals surface area (Å²) in [6.07, 6.45) is 2.87. The van der Waals surface area contributed by atoms with Gasteiger partial charge >= 0.3 is 0 Å². The summed E-state index contributed by atoms with van der Waals surface area (Å²) in [5, 5.41) is 0. The van der Waals surface area contributed by atoms with Crippen LogP contribution >= 0.6 is 0 Å². The minimum Gasteiger partial charge on any atom is -0.417 e. The van der Waals surface area contributed by atoms with Crippen LogP contribution in [0.25, 0.3) is 6.08 Å². The maximum absolute atomic E-state index is 5.81. The van der Waals surface area contributed by atoms with Gasteiger partial charge in [-0.05, 0) is 37.2 Å². The molecule has 0 aliphatic rings. The molecule has 0 aliphatic heterocycles. The fourth-order valence-corrected chi connectivity index (χ4v) is 2.01. The lowest BCUT2D eigenvalue weighted by atomic mass is 10.1. The van der Waals surface area contributed by atoms with Gasteiger partial charge in [0.1, 0.15) is 0 Å². The largest absolute Gasteiger partial charge is 0.417 e. The normalized spacial score (nSPS) is 11.4. The van der Waals surface area contributed by atoms with E-state index < -0.39 is 8.32 Å². The van der Waals surface area contributed by atoms with Crippen molar-refractivity contribution in [2.24, 2.45) is 0 Å². The minimum atomic E-state index is -1.35. The zero-order valence-electron chi connectivity index (χ0n) is 9.92. The van der Waals surface area contributed by atoms with Crippen LogP contribution in [0.1, 0.15) is 11.1 Å². The Morgan fingerprint density at radius 3 is 2.27 bits per heavy atom. The summed E-state index contributed by atoms with van der Waals surface area (Å²) in [5.74, 6) is 0. The first-order valence-corrected chi connectivity index (χ1v) is 8.77. The highest BCUT2D eigenvalue weighted by atomic mass is 28.4. The van der Waals surface area contributed by atoms with E-state index in [2.05, 4.69) is 50.5 Å². The van der Waals surface area contributed by atoms with Gasteiger partial charge in [-0.25, -0.2) is 0 Å². The van der Waals surface area contributed by atoms with Crippen molar-refractivity contribution in [3.63, 3.8) is 0 Å².